The van der Waals surface area contributed by atoms with Crippen molar-refractivity contribution in [1.29, 1.82) is 0 Å². The van der Waals surface area contributed by atoms with E-state index in [0.29, 0.717) is 11.9 Å². The number of aromatic nitrogens is 3. The molecule has 1 saturated carbocycles. The molecule has 2 heterocycles. The Labute approximate surface area is 125 Å². The van der Waals surface area contributed by atoms with Crippen LogP contribution in [0.5, 0.6) is 0 Å². The number of nitrogens with zero attached hydrogens (tertiary/aromatic N) is 4. The standard InChI is InChI=1S/C14H24N6O/c1-3-6-15-11-16-12(19-14(2)4-5-14)18-13(17-11)20-7-9-21-10-8-20/h3-10H2,1-2H3,(H2,15,16,17,18,19). The van der Waals surface area contributed by atoms with E-state index in [2.05, 4.69) is 44.3 Å². The molecular formula is C14H24N6O. The summed E-state index contributed by atoms with van der Waals surface area (Å²) in [7, 11) is 0. The zero-order valence-corrected chi connectivity index (χ0v) is 12.9. The highest BCUT2D eigenvalue weighted by Crippen LogP contribution is 2.37. The average Bonchev–Trinajstić information content (AvgIpc) is 3.23. The van der Waals surface area contributed by atoms with Crippen LogP contribution in [0.15, 0.2) is 0 Å². The first kappa shape index (κ1) is 14.3. The number of hydrogen-bond donors (Lipinski definition) is 2. The third-order valence-electron chi connectivity index (χ3n) is 3.86. The average molecular weight is 292 g/mol. The van der Waals surface area contributed by atoms with Gasteiger partial charge in [0.05, 0.1) is 13.2 Å². The summed E-state index contributed by atoms with van der Waals surface area (Å²) in [5.74, 6) is 2.06. The van der Waals surface area contributed by atoms with E-state index in [-0.39, 0.29) is 5.54 Å². The van der Waals surface area contributed by atoms with Gasteiger partial charge in [0, 0.05) is 25.2 Å². The highest BCUT2D eigenvalue weighted by atomic mass is 16.5. The van der Waals surface area contributed by atoms with Gasteiger partial charge in [0.2, 0.25) is 17.8 Å². The number of ether oxygens (including phenoxy) is 1. The molecule has 1 aliphatic carbocycles. The molecule has 0 bridgehead atoms. The van der Waals surface area contributed by atoms with Crippen molar-refractivity contribution in [3.05, 3.63) is 0 Å². The maximum atomic E-state index is 5.39. The van der Waals surface area contributed by atoms with E-state index < -0.39 is 0 Å². The van der Waals surface area contributed by atoms with E-state index in [1.54, 1.807) is 0 Å². The number of anilines is 3. The minimum atomic E-state index is 0.158. The van der Waals surface area contributed by atoms with Crippen LogP contribution in [0, 0.1) is 0 Å². The summed E-state index contributed by atoms with van der Waals surface area (Å²) in [4.78, 5) is 15.8. The predicted octanol–water partition coefficient (Wildman–Crippen LogP) is 1.49. The summed E-state index contributed by atoms with van der Waals surface area (Å²) in [6, 6.07) is 0. The number of nitrogens with one attached hydrogen (secondary N) is 2. The number of rotatable bonds is 6. The Balaban J connectivity index is 1.80. The Kier molecular flexibility index (Phi) is 4.10. The lowest BCUT2D eigenvalue weighted by Crippen LogP contribution is -2.37. The van der Waals surface area contributed by atoms with Crippen LogP contribution in [-0.4, -0.2) is 53.3 Å². The second kappa shape index (κ2) is 6.01. The van der Waals surface area contributed by atoms with Crippen LogP contribution in [0.4, 0.5) is 17.8 Å². The van der Waals surface area contributed by atoms with Crippen LogP contribution < -0.4 is 15.5 Å². The van der Waals surface area contributed by atoms with Gasteiger partial charge in [-0.1, -0.05) is 6.92 Å². The first-order valence-corrected chi connectivity index (χ1v) is 7.79. The fourth-order valence-corrected chi connectivity index (χ4v) is 2.22. The Morgan fingerprint density at radius 1 is 1.14 bits per heavy atom. The summed E-state index contributed by atoms with van der Waals surface area (Å²) in [6.45, 7) is 8.30. The van der Waals surface area contributed by atoms with Gasteiger partial charge in [-0.2, -0.15) is 15.0 Å². The van der Waals surface area contributed by atoms with Crippen molar-refractivity contribution < 1.29 is 4.74 Å². The highest BCUT2D eigenvalue weighted by Gasteiger charge is 2.38. The van der Waals surface area contributed by atoms with Crippen molar-refractivity contribution in [2.24, 2.45) is 0 Å². The van der Waals surface area contributed by atoms with Crippen LogP contribution in [0.1, 0.15) is 33.1 Å². The molecule has 21 heavy (non-hydrogen) atoms. The van der Waals surface area contributed by atoms with Crippen molar-refractivity contribution in [1.82, 2.24) is 15.0 Å². The smallest absolute Gasteiger partial charge is 0.232 e. The van der Waals surface area contributed by atoms with E-state index in [4.69, 9.17) is 4.74 Å². The van der Waals surface area contributed by atoms with Gasteiger partial charge in [-0.15, -0.1) is 0 Å². The van der Waals surface area contributed by atoms with Gasteiger partial charge in [0.15, 0.2) is 0 Å². The first-order chi connectivity index (χ1) is 10.2. The quantitative estimate of drug-likeness (QED) is 0.822. The minimum absolute atomic E-state index is 0.158. The van der Waals surface area contributed by atoms with Gasteiger partial charge in [0.1, 0.15) is 0 Å². The van der Waals surface area contributed by atoms with E-state index >= 15 is 0 Å². The monoisotopic (exact) mass is 292 g/mol. The fraction of sp³-hybridized carbons (Fsp3) is 0.786. The molecule has 1 aliphatic heterocycles. The number of hydrogen-bond acceptors (Lipinski definition) is 7. The van der Waals surface area contributed by atoms with Crippen LogP contribution >= 0.6 is 0 Å². The van der Waals surface area contributed by atoms with Gasteiger partial charge in [-0.25, -0.2) is 0 Å². The fourth-order valence-electron chi connectivity index (χ4n) is 2.22. The molecule has 0 radical (unpaired) electrons. The molecule has 116 valence electrons. The lowest BCUT2D eigenvalue weighted by molar-refractivity contribution is 0.122. The zero-order chi connectivity index (χ0) is 14.7. The number of morpholine rings is 1. The van der Waals surface area contributed by atoms with Crippen molar-refractivity contribution in [2.75, 3.05) is 48.4 Å². The zero-order valence-electron chi connectivity index (χ0n) is 12.9. The van der Waals surface area contributed by atoms with Crippen LogP contribution in [0.2, 0.25) is 0 Å². The maximum absolute atomic E-state index is 5.39. The van der Waals surface area contributed by atoms with Gasteiger partial charge < -0.3 is 20.3 Å². The highest BCUT2D eigenvalue weighted by molar-refractivity contribution is 5.46. The Bertz CT molecular complexity index is 484. The molecule has 0 amide bonds. The topological polar surface area (TPSA) is 75.2 Å². The van der Waals surface area contributed by atoms with Crippen molar-refractivity contribution in [3.63, 3.8) is 0 Å². The first-order valence-electron chi connectivity index (χ1n) is 7.79. The molecule has 3 rings (SSSR count). The molecule has 1 aromatic rings. The molecule has 7 nitrogen and oxygen atoms in total. The molecule has 0 unspecified atom stereocenters. The molecule has 2 aliphatic rings. The Morgan fingerprint density at radius 2 is 1.86 bits per heavy atom. The van der Waals surface area contributed by atoms with E-state index in [9.17, 15) is 0 Å². The molecular weight excluding hydrogens is 268 g/mol. The van der Waals surface area contributed by atoms with Crippen molar-refractivity contribution in [2.45, 2.75) is 38.6 Å². The van der Waals surface area contributed by atoms with E-state index in [1.165, 1.54) is 12.8 Å². The van der Waals surface area contributed by atoms with Gasteiger partial charge in [-0.05, 0) is 26.2 Å². The molecule has 1 aromatic heterocycles. The molecule has 2 fully saturated rings. The summed E-state index contributed by atoms with van der Waals surface area (Å²) in [5, 5.41) is 6.69. The molecule has 0 atom stereocenters. The lowest BCUT2D eigenvalue weighted by Gasteiger charge is -2.27. The summed E-state index contributed by atoms with van der Waals surface area (Å²) >= 11 is 0. The van der Waals surface area contributed by atoms with Crippen molar-refractivity contribution in [3.8, 4) is 0 Å². The molecule has 2 N–H and O–H groups in total. The van der Waals surface area contributed by atoms with Crippen LogP contribution in [0.3, 0.4) is 0 Å². The molecule has 7 heteroatoms. The predicted molar refractivity (Wildman–Crippen MR) is 82.9 cm³/mol. The molecule has 1 saturated heterocycles. The van der Waals surface area contributed by atoms with Gasteiger partial charge >= 0.3 is 0 Å². The van der Waals surface area contributed by atoms with Crippen LogP contribution in [-0.2, 0) is 4.74 Å². The normalized spacial score (nSPS) is 20.2. The van der Waals surface area contributed by atoms with E-state index in [0.717, 1.165) is 45.2 Å². The summed E-state index contributed by atoms with van der Waals surface area (Å²) < 4.78 is 5.39. The largest absolute Gasteiger partial charge is 0.378 e. The van der Waals surface area contributed by atoms with E-state index in [1.807, 2.05) is 0 Å². The lowest BCUT2D eigenvalue weighted by atomic mass is 10.3. The molecule has 0 spiro atoms. The minimum Gasteiger partial charge on any atom is -0.378 e. The van der Waals surface area contributed by atoms with Crippen molar-refractivity contribution >= 4 is 17.8 Å². The third kappa shape index (κ3) is 3.72. The summed E-state index contributed by atoms with van der Waals surface area (Å²) in [6.07, 6.45) is 3.38. The van der Waals surface area contributed by atoms with Gasteiger partial charge in [-0.3, -0.25) is 0 Å². The third-order valence-corrected chi connectivity index (χ3v) is 3.86. The Hall–Kier alpha value is -1.63. The van der Waals surface area contributed by atoms with Gasteiger partial charge in [0.25, 0.3) is 0 Å². The summed E-state index contributed by atoms with van der Waals surface area (Å²) in [5.41, 5.74) is 0.158. The van der Waals surface area contributed by atoms with Crippen LogP contribution in [0.25, 0.3) is 0 Å². The second-order valence-electron chi connectivity index (χ2n) is 5.99. The molecule has 0 aromatic carbocycles. The Morgan fingerprint density at radius 3 is 2.52 bits per heavy atom. The SMILES string of the molecule is CCCNc1nc(NC2(C)CC2)nc(N2CCOCC2)n1. The second-order valence-corrected chi connectivity index (χ2v) is 5.99. The maximum Gasteiger partial charge on any atom is 0.232 e.